The van der Waals surface area contributed by atoms with E-state index in [0.717, 1.165) is 93.4 Å². The number of nitrogens with zero attached hydrogens (tertiary/aromatic N) is 2. The van der Waals surface area contributed by atoms with Crippen LogP contribution < -0.4 is 10.1 Å². The molecule has 0 bridgehead atoms. The molecule has 1 atom stereocenters. The summed E-state index contributed by atoms with van der Waals surface area (Å²) < 4.78 is 48.4. The van der Waals surface area contributed by atoms with Crippen LogP contribution in [-0.2, 0) is 20.6 Å². The van der Waals surface area contributed by atoms with Gasteiger partial charge in [-0.1, -0.05) is 144 Å². The van der Waals surface area contributed by atoms with Crippen LogP contribution in [0.15, 0.2) is 108 Å². The van der Waals surface area contributed by atoms with Gasteiger partial charge in [0.05, 0.1) is 25.3 Å². The van der Waals surface area contributed by atoms with E-state index in [2.05, 4.69) is 95.8 Å². The minimum Gasteiger partial charge on any atom is -0.497 e. The van der Waals surface area contributed by atoms with E-state index >= 15 is 0 Å². The first-order valence-corrected chi connectivity index (χ1v) is 26.9. The molecule has 2 aliphatic heterocycles. The van der Waals surface area contributed by atoms with Crippen molar-refractivity contribution in [2.24, 2.45) is 15.9 Å². The highest BCUT2D eigenvalue weighted by Crippen LogP contribution is 2.27. The van der Waals surface area contributed by atoms with E-state index in [9.17, 15) is 8.78 Å². The molecule has 73 heavy (non-hydrogen) atoms. The predicted molar refractivity (Wildman–Crippen MR) is 315 cm³/mol. The molecule has 0 radical (unpaired) electrons. The smallest absolute Gasteiger partial charge is 0.183 e. The fraction of sp³-hybridized carbons (Fsp3) is 0.571. The quantitative estimate of drug-likeness (QED) is 0.0462. The van der Waals surface area contributed by atoms with Crippen molar-refractivity contribution < 1.29 is 27.7 Å². The molecule has 2 N–H and O–H groups in total. The van der Waals surface area contributed by atoms with Gasteiger partial charge in [-0.2, -0.15) is 0 Å². The minimum absolute atomic E-state index is 0.0113. The van der Waals surface area contributed by atoms with E-state index in [1.54, 1.807) is 32.4 Å². The first kappa shape index (κ1) is 72.3. The second kappa shape index (κ2) is 45.7. The Morgan fingerprint density at radius 3 is 1.75 bits per heavy atom. The number of allylic oxidation sites excluding steroid dienone is 3. The lowest BCUT2D eigenvalue weighted by atomic mass is 9.89. The van der Waals surface area contributed by atoms with Crippen LogP contribution in [0.25, 0.3) is 0 Å². The lowest BCUT2D eigenvalue weighted by Gasteiger charge is -2.17. The number of hydrogen-bond donors (Lipinski definition) is 2. The second-order valence-electron chi connectivity index (χ2n) is 18.8. The van der Waals surface area contributed by atoms with Gasteiger partial charge in [-0.3, -0.25) is 5.41 Å². The van der Waals surface area contributed by atoms with Crippen LogP contribution in [0.2, 0.25) is 0 Å². The van der Waals surface area contributed by atoms with Crippen molar-refractivity contribution in [2.45, 2.75) is 184 Å². The number of aliphatic imine (C=N–C) groups is 2. The van der Waals surface area contributed by atoms with Crippen molar-refractivity contribution in [2.75, 3.05) is 47.6 Å². The SMILES string of the molecule is C1CCOCC1.C=C/C(=C\C)OC.C=CCCC(CCC)Cc1cccc(C(C)C)c1F.C=NC(=N)c1cccc(C(C)C)c1F.CC.CCCC1=NC(C)(C)CO1.CCNC.COc1ccc(C(C)C)cc1. The largest absolute Gasteiger partial charge is 0.497 e. The van der Waals surface area contributed by atoms with Gasteiger partial charge in [0, 0.05) is 19.6 Å². The fourth-order valence-electron chi connectivity index (χ4n) is 6.89. The minimum atomic E-state index is -0.361. The van der Waals surface area contributed by atoms with Crippen molar-refractivity contribution in [1.29, 1.82) is 5.41 Å². The van der Waals surface area contributed by atoms with E-state index in [1.165, 1.54) is 37.3 Å². The van der Waals surface area contributed by atoms with Gasteiger partial charge < -0.3 is 24.3 Å². The van der Waals surface area contributed by atoms with Crippen molar-refractivity contribution in [3.05, 3.63) is 137 Å². The Labute approximate surface area is 446 Å². The van der Waals surface area contributed by atoms with Crippen molar-refractivity contribution in [3.63, 3.8) is 0 Å². The topological polar surface area (TPSA) is 97.5 Å². The van der Waals surface area contributed by atoms with Crippen molar-refractivity contribution in [3.8, 4) is 5.75 Å². The molecule has 1 saturated heterocycles. The van der Waals surface area contributed by atoms with E-state index in [-0.39, 0.29) is 40.4 Å². The highest BCUT2D eigenvalue weighted by atomic mass is 19.1. The summed E-state index contributed by atoms with van der Waals surface area (Å²) in [7, 11) is 5.24. The Morgan fingerprint density at radius 1 is 0.836 bits per heavy atom. The zero-order chi connectivity index (χ0) is 56.2. The summed E-state index contributed by atoms with van der Waals surface area (Å²) in [6, 6.07) is 19.0. The molecular formula is C63H104F2N4O4. The third-order valence-corrected chi connectivity index (χ3v) is 11.2. The monoisotopic (exact) mass is 1020 g/mol. The highest BCUT2D eigenvalue weighted by molar-refractivity contribution is 5.99. The molecule has 414 valence electrons. The van der Waals surface area contributed by atoms with Gasteiger partial charge in [0.15, 0.2) is 11.7 Å². The molecule has 8 nitrogen and oxygen atoms in total. The maximum Gasteiger partial charge on any atom is 0.183 e. The fourth-order valence-corrected chi connectivity index (χ4v) is 6.89. The molecule has 0 amide bonds. The summed E-state index contributed by atoms with van der Waals surface area (Å²) in [4.78, 5) is 7.82. The van der Waals surface area contributed by atoms with Gasteiger partial charge >= 0.3 is 0 Å². The maximum atomic E-state index is 14.4. The molecule has 1 fully saturated rings. The first-order valence-electron chi connectivity index (χ1n) is 26.9. The number of nitrogens with one attached hydrogen (secondary N) is 2. The number of methoxy groups -OCH3 is 2. The lowest BCUT2D eigenvalue weighted by Crippen LogP contribution is -2.17. The average molecular weight is 1020 g/mol. The molecular weight excluding hydrogens is 915 g/mol. The van der Waals surface area contributed by atoms with E-state index in [1.807, 2.05) is 98.0 Å². The van der Waals surface area contributed by atoms with Crippen LogP contribution in [0.5, 0.6) is 5.75 Å². The maximum absolute atomic E-state index is 14.4. The highest BCUT2D eigenvalue weighted by Gasteiger charge is 2.25. The Kier molecular flexibility index (Phi) is 45.2. The Morgan fingerprint density at radius 2 is 1.40 bits per heavy atom. The molecule has 0 saturated carbocycles. The zero-order valence-electron chi connectivity index (χ0n) is 49.1. The Bertz CT molecular complexity index is 1920. The van der Waals surface area contributed by atoms with Crippen LogP contribution in [0, 0.1) is 23.0 Å². The average Bonchev–Trinajstić information content (AvgIpc) is 3.75. The third kappa shape index (κ3) is 34.2. The molecule has 3 aromatic rings. The molecule has 0 aromatic heterocycles. The summed E-state index contributed by atoms with van der Waals surface area (Å²) in [5.74, 6) is 3.73. The number of rotatable bonds is 17. The number of halogens is 2. The second-order valence-corrected chi connectivity index (χ2v) is 18.8. The summed E-state index contributed by atoms with van der Waals surface area (Å²) in [5.41, 5.74) is 3.93. The molecule has 2 heterocycles. The molecule has 3 aromatic carbocycles. The molecule has 10 heteroatoms. The number of hydrogen-bond acceptors (Lipinski definition) is 7. The van der Waals surface area contributed by atoms with Gasteiger partial charge in [0.25, 0.3) is 0 Å². The number of ether oxygens (including phenoxy) is 4. The van der Waals surface area contributed by atoms with E-state index in [4.69, 9.17) is 24.4 Å². The van der Waals surface area contributed by atoms with Gasteiger partial charge in [-0.05, 0) is 162 Å². The molecule has 1 unspecified atom stereocenters. The predicted octanol–water partition coefficient (Wildman–Crippen LogP) is 17.8. The first-order chi connectivity index (χ1) is 34.8. The van der Waals surface area contributed by atoms with Crippen molar-refractivity contribution >= 4 is 18.5 Å². The van der Waals surface area contributed by atoms with Crippen molar-refractivity contribution in [1.82, 2.24) is 5.32 Å². The Balaban J connectivity index is -0.000000814. The number of amidine groups is 1. The van der Waals surface area contributed by atoms with Gasteiger partial charge in [-0.25, -0.2) is 18.8 Å². The van der Waals surface area contributed by atoms with Crippen LogP contribution in [0.3, 0.4) is 0 Å². The van der Waals surface area contributed by atoms with Gasteiger partial charge in [0.1, 0.15) is 29.8 Å². The number of benzene rings is 3. The normalized spacial score (nSPS) is 13.3. The van der Waals surface area contributed by atoms with Gasteiger partial charge in [0.2, 0.25) is 0 Å². The van der Waals surface area contributed by atoms with Gasteiger partial charge in [-0.15, -0.1) is 6.58 Å². The van der Waals surface area contributed by atoms with Crippen LogP contribution in [0.1, 0.15) is 200 Å². The molecule has 2 aliphatic rings. The summed E-state index contributed by atoms with van der Waals surface area (Å²) in [6.07, 6.45) is 16.8. The van der Waals surface area contributed by atoms with Crippen LogP contribution in [0.4, 0.5) is 8.78 Å². The van der Waals surface area contributed by atoms with E-state index < -0.39 is 0 Å². The molecule has 0 aliphatic carbocycles. The van der Waals surface area contributed by atoms with Crippen LogP contribution in [-0.4, -0.2) is 71.6 Å². The molecule has 0 spiro atoms. The lowest BCUT2D eigenvalue weighted by molar-refractivity contribution is 0.0968. The summed E-state index contributed by atoms with van der Waals surface area (Å²) >= 11 is 0. The van der Waals surface area contributed by atoms with E-state index in [0.29, 0.717) is 17.4 Å². The summed E-state index contributed by atoms with van der Waals surface area (Å²) in [6.45, 7) is 43.1. The Hall–Kier alpha value is -4.93. The molecule has 5 rings (SSSR count). The summed E-state index contributed by atoms with van der Waals surface area (Å²) in [5, 5.41) is 10.3. The standard InChI is InChI=1S/C18H27F.C11H13FN2.C10H14O.C8H15NO.C6H10O.C5H10O.C3H9N.C2H6/c1-5-7-10-15(9-6-2)13-16-11-8-12-17(14(3)4)18(16)19;1-7(2)8-5-4-6-9(10(8)12)11(13)14-3;1-8(2)9-4-6-10(11-3)7-5-9;1-4-5-7-9-8(2,3)6-10-7;1-4-6(5-2)7-3;1-2-4-6-5-3-1;1-3-4-2;1-2/h5,8,11-12,14-15H,1,6-7,9-10,13H2,2-4H3;4-7,13H,3H2,1-2H3;4-8H,1-3H3;4-6H2,1-3H3;4-5H,1H2,2-3H3;1-5H2;4H,3H2,1-2H3;1-2H3/b;;;;6-5+;;;. The third-order valence-electron chi connectivity index (χ3n) is 11.2. The zero-order valence-corrected chi connectivity index (χ0v) is 49.1. The van der Waals surface area contributed by atoms with Crippen LogP contribution >= 0.6 is 0 Å².